The standard InChI is InChI=1S/C9H6NOS/c1-2-4-8(5-3-1)11-9-10-6-7-12-9/h1-5,7H. The summed E-state index contributed by atoms with van der Waals surface area (Å²) in [5.74, 6) is 0.806. The van der Waals surface area contributed by atoms with Crippen LogP contribution in [-0.2, 0) is 0 Å². The van der Waals surface area contributed by atoms with E-state index in [2.05, 4.69) is 11.2 Å². The number of benzene rings is 1. The number of thiazole rings is 1. The van der Waals surface area contributed by atoms with E-state index in [1.54, 1.807) is 5.38 Å². The van der Waals surface area contributed by atoms with Crippen LogP contribution >= 0.6 is 11.3 Å². The fourth-order valence-electron chi connectivity index (χ4n) is 0.818. The number of para-hydroxylation sites is 1. The maximum absolute atomic E-state index is 5.39. The Balaban J connectivity index is 2.15. The molecular weight excluding hydrogens is 170 g/mol. The summed E-state index contributed by atoms with van der Waals surface area (Å²) >= 11 is 1.43. The van der Waals surface area contributed by atoms with E-state index < -0.39 is 0 Å². The van der Waals surface area contributed by atoms with E-state index >= 15 is 0 Å². The highest BCUT2D eigenvalue weighted by molar-refractivity contribution is 7.11. The molecule has 0 amide bonds. The number of nitrogens with zero attached hydrogens (tertiary/aromatic N) is 1. The Bertz CT molecular complexity index is 331. The molecule has 0 atom stereocenters. The van der Waals surface area contributed by atoms with Gasteiger partial charge in [-0.1, -0.05) is 29.5 Å². The van der Waals surface area contributed by atoms with Gasteiger partial charge in [0, 0.05) is 5.38 Å². The first-order valence-electron chi connectivity index (χ1n) is 3.49. The van der Waals surface area contributed by atoms with Crippen LogP contribution in [0.1, 0.15) is 0 Å². The second-order valence-electron chi connectivity index (χ2n) is 2.16. The molecule has 0 fully saturated rings. The van der Waals surface area contributed by atoms with E-state index in [-0.39, 0.29) is 0 Å². The summed E-state index contributed by atoms with van der Waals surface area (Å²) in [6.45, 7) is 0. The van der Waals surface area contributed by atoms with E-state index in [0.29, 0.717) is 5.19 Å². The lowest BCUT2D eigenvalue weighted by atomic mass is 10.3. The van der Waals surface area contributed by atoms with Crippen LogP contribution in [0.2, 0.25) is 0 Å². The predicted octanol–water partition coefficient (Wildman–Crippen LogP) is 2.74. The molecule has 0 unspecified atom stereocenters. The molecule has 0 aliphatic rings. The van der Waals surface area contributed by atoms with Gasteiger partial charge < -0.3 is 4.74 Å². The summed E-state index contributed by atoms with van der Waals surface area (Å²) in [5.41, 5.74) is 0. The Morgan fingerprint density at radius 3 is 2.75 bits per heavy atom. The quantitative estimate of drug-likeness (QED) is 0.701. The Morgan fingerprint density at radius 1 is 1.25 bits per heavy atom. The molecular formula is C9H6NOS. The minimum atomic E-state index is 0.626. The monoisotopic (exact) mass is 176 g/mol. The van der Waals surface area contributed by atoms with Crippen molar-refractivity contribution in [2.75, 3.05) is 0 Å². The van der Waals surface area contributed by atoms with Gasteiger partial charge in [0.1, 0.15) is 11.9 Å². The van der Waals surface area contributed by atoms with Crippen molar-refractivity contribution in [2.45, 2.75) is 0 Å². The van der Waals surface area contributed by atoms with Gasteiger partial charge in [-0.2, -0.15) is 0 Å². The molecule has 0 bridgehead atoms. The highest BCUT2D eigenvalue weighted by Crippen LogP contribution is 2.21. The van der Waals surface area contributed by atoms with Crippen molar-refractivity contribution in [3.63, 3.8) is 0 Å². The van der Waals surface area contributed by atoms with Gasteiger partial charge in [0.15, 0.2) is 0 Å². The van der Waals surface area contributed by atoms with Gasteiger partial charge in [-0.25, -0.2) is 4.98 Å². The lowest BCUT2D eigenvalue weighted by Gasteiger charge is -1.98. The molecule has 0 aliphatic carbocycles. The van der Waals surface area contributed by atoms with Gasteiger partial charge >= 0.3 is 0 Å². The topological polar surface area (TPSA) is 22.1 Å². The second-order valence-corrected chi connectivity index (χ2v) is 2.98. The average molecular weight is 176 g/mol. The Morgan fingerprint density at radius 2 is 2.08 bits per heavy atom. The van der Waals surface area contributed by atoms with E-state index in [1.807, 2.05) is 30.3 Å². The van der Waals surface area contributed by atoms with E-state index in [1.165, 1.54) is 11.3 Å². The van der Waals surface area contributed by atoms with Crippen LogP contribution in [0.25, 0.3) is 0 Å². The molecule has 0 saturated carbocycles. The number of hydrogen-bond acceptors (Lipinski definition) is 3. The van der Waals surface area contributed by atoms with Crippen LogP contribution in [0.5, 0.6) is 10.9 Å². The van der Waals surface area contributed by atoms with E-state index in [4.69, 9.17) is 4.74 Å². The first-order valence-corrected chi connectivity index (χ1v) is 4.37. The second kappa shape index (κ2) is 3.36. The Kier molecular flexibility index (Phi) is 2.05. The molecule has 1 heterocycles. The van der Waals surface area contributed by atoms with Gasteiger partial charge in [-0.15, -0.1) is 0 Å². The largest absolute Gasteiger partial charge is 0.431 e. The minimum absolute atomic E-state index is 0.626. The summed E-state index contributed by atoms with van der Waals surface area (Å²) in [4.78, 5) is 3.88. The highest BCUT2D eigenvalue weighted by atomic mass is 32.1. The number of rotatable bonds is 2. The van der Waals surface area contributed by atoms with E-state index in [9.17, 15) is 0 Å². The molecule has 1 aromatic carbocycles. The van der Waals surface area contributed by atoms with Crippen LogP contribution in [0.3, 0.4) is 0 Å². The minimum Gasteiger partial charge on any atom is -0.431 e. The fraction of sp³-hybridized carbons (Fsp3) is 0. The van der Waals surface area contributed by atoms with Crippen LogP contribution < -0.4 is 4.74 Å². The van der Waals surface area contributed by atoms with Crippen molar-refractivity contribution in [1.82, 2.24) is 4.98 Å². The third-order valence-corrected chi connectivity index (χ3v) is 1.92. The molecule has 1 aromatic heterocycles. The van der Waals surface area contributed by atoms with Gasteiger partial charge in [-0.05, 0) is 12.1 Å². The molecule has 0 aliphatic heterocycles. The van der Waals surface area contributed by atoms with Crippen LogP contribution in [0.4, 0.5) is 0 Å². The average Bonchev–Trinajstić information content (AvgIpc) is 2.59. The van der Waals surface area contributed by atoms with Crippen LogP contribution in [0.15, 0.2) is 35.7 Å². The molecule has 12 heavy (non-hydrogen) atoms. The number of aromatic nitrogens is 1. The lowest BCUT2D eigenvalue weighted by molar-refractivity contribution is 0.478. The molecule has 2 nitrogen and oxygen atoms in total. The Hall–Kier alpha value is -1.35. The van der Waals surface area contributed by atoms with Gasteiger partial charge in [0.05, 0.1) is 0 Å². The molecule has 59 valence electrons. The molecule has 1 radical (unpaired) electrons. The summed E-state index contributed by atoms with van der Waals surface area (Å²) in [6, 6.07) is 9.57. The molecule has 0 saturated heterocycles. The smallest absolute Gasteiger partial charge is 0.279 e. The van der Waals surface area contributed by atoms with Crippen molar-refractivity contribution in [3.05, 3.63) is 41.9 Å². The molecule has 0 spiro atoms. The zero-order chi connectivity index (χ0) is 8.23. The number of hydrogen-bond donors (Lipinski definition) is 0. The van der Waals surface area contributed by atoms with E-state index in [0.717, 1.165) is 5.75 Å². The predicted molar refractivity (Wildman–Crippen MR) is 47.5 cm³/mol. The zero-order valence-electron chi connectivity index (χ0n) is 6.23. The first-order chi connectivity index (χ1) is 5.95. The van der Waals surface area contributed by atoms with Crippen molar-refractivity contribution < 1.29 is 4.74 Å². The maximum atomic E-state index is 5.39. The maximum Gasteiger partial charge on any atom is 0.279 e. The SMILES string of the molecule is [c]1csc(Oc2ccccc2)n1. The normalized spacial score (nSPS) is 9.67. The van der Waals surface area contributed by atoms with Crippen molar-refractivity contribution in [2.24, 2.45) is 0 Å². The fourth-order valence-corrected chi connectivity index (χ4v) is 1.27. The van der Waals surface area contributed by atoms with Crippen molar-refractivity contribution in [1.29, 1.82) is 0 Å². The number of ether oxygens (including phenoxy) is 1. The van der Waals surface area contributed by atoms with Gasteiger partial charge in [-0.3, -0.25) is 0 Å². The highest BCUT2D eigenvalue weighted by Gasteiger charge is 1.96. The Labute approximate surface area is 74.5 Å². The first kappa shape index (κ1) is 7.31. The summed E-state index contributed by atoms with van der Waals surface area (Å²) in [6.07, 6.45) is 2.69. The molecule has 3 heteroatoms. The van der Waals surface area contributed by atoms with Gasteiger partial charge in [0.25, 0.3) is 5.19 Å². The third kappa shape index (κ3) is 1.62. The zero-order valence-corrected chi connectivity index (χ0v) is 7.04. The molecule has 0 N–H and O–H groups in total. The van der Waals surface area contributed by atoms with Crippen LogP contribution in [0, 0.1) is 6.20 Å². The van der Waals surface area contributed by atoms with Gasteiger partial charge in [0.2, 0.25) is 0 Å². The molecule has 2 rings (SSSR count). The summed E-state index contributed by atoms with van der Waals surface area (Å²) in [7, 11) is 0. The van der Waals surface area contributed by atoms with Crippen LogP contribution in [-0.4, -0.2) is 4.98 Å². The lowest BCUT2D eigenvalue weighted by Crippen LogP contribution is -1.80. The third-order valence-electron chi connectivity index (χ3n) is 1.32. The summed E-state index contributed by atoms with van der Waals surface area (Å²) in [5, 5.41) is 2.39. The van der Waals surface area contributed by atoms with Crippen molar-refractivity contribution >= 4 is 11.3 Å². The summed E-state index contributed by atoms with van der Waals surface area (Å²) < 4.78 is 5.39. The van der Waals surface area contributed by atoms with Crippen molar-refractivity contribution in [3.8, 4) is 10.9 Å². The molecule has 2 aromatic rings.